The smallest absolute Gasteiger partial charge is 0.339 e. The molecule has 0 saturated heterocycles. The minimum absolute atomic E-state index is 0.159. The van der Waals surface area contributed by atoms with Crippen molar-refractivity contribution in [3.8, 4) is 0 Å². The molecule has 5 nitrogen and oxygen atoms in total. The highest BCUT2D eigenvalue weighted by Crippen LogP contribution is 2.29. The maximum absolute atomic E-state index is 12.5. The summed E-state index contributed by atoms with van der Waals surface area (Å²) in [5, 5.41) is 4.89. The van der Waals surface area contributed by atoms with Crippen LogP contribution in [0.2, 0.25) is 0 Å². The first-order chi connectivity index (χ1) is 11.3. The summed E-state index contributed by atoms with van der Waals surface area (Å²) < 4.78 is 37.4. The summed E-state index contributed by atoms with van der Waals surface area (Å²) in [7, 11) is 0. The fourth-order valence-corrected chi connectivity index (χ4v) is 1.83. The molecule has 0 bridgehead atoms. The SMILES string of the molecule is C[C@H](NC(=O)c1ccccn1)C(=O)Nc1ccc(C(F)(F)F)cc1. The number of alkyl halides is 3. The Bertz CT molecular complexity index is 716. The normalized spacial score (nSPS) is 12.3. The zero-order valence-corrected chi connectivity index (χ0v) is 12.6. The predicted molar refractivity (Wildman–Crippen MR) is 81.2 cm³/mol. The molecule has 126 valence electrons. The number of pyridine rings is 1. The van der Waals surface area contributed by atoms with Crippen molar-refractivity contribution in [2.75, 3.05) is 5.32 Å². The van der Waals surface area contributed by atoms with Gasteiger partial charge in [0.1, 0.15) is 11.7 Å². The molecule has 0 unspecified atom stereocenters. The lowest BCUT2D eigenvalue weighted by atomic mass is 10.2. The third-order valence-electron chi connectivity index (χ3n) is 3.12. The Hall–Kier alpha value is -2.90. The predicted octanol–water partition coefficient (Wildman–Crippen LogP) is 2.86. The average molecular weight is 337 g/mol. The summed E-state index contributed by atoms with van der Waals surface area (Å²) in [6, 6.07) is 7.92. The highest BCUT2D eigenvalue weighted by molar-refractivity contribution is 6.00. The van der Waals surface area contributed by atoms with E-state index in [9.17, 15) is 22.8 Å². The lowest BCUT2D eigenvalue weighted by Gasteiger charge is -2.14. The number of amides is 2. The van der Waals surface area contributed by atoms with E-state index in [1.807, 2.05) is 0 Å². The number of hydrogen-bond donors (Lipinski definition) is 2. The largest absolute Gasteiger partial charge is 0.416 e. The molecule has 24 heavy (non-hydrogen) atoms. The monoisotopic (exact) mass is 337 g/mol. The van der Waals surface area contributed by atoms with E-state index in [0.717, 1.165) is 24.3 Å². The second-order valence-electron chi connectivity index (χ2n) is 4.97. The first-order valence-corrected chi connectivity index (χ1v) is 6.97. The van der Waals surface area contributed by atoms with Gasteiger partial charge in [-0.25, -0.2) is 0 Å². The molecule has 0 fully saturated rings. The molecule has 2 rings (SSSR count). The molecular weight excluding hydrogens is 323 g/mol. The number of aromatic nitrogens is 1. The van der Waals surface area contributed by atoms with Crippen LogP contribution in [0.4, 0.5) is 18.9 Å². The Kier molecular flexibility index (Phi) is 5.18. The van der Waals surface area contributed by atoms with E-state index < -0.39 is 29.6 Å². The van der Waals surface area contributed by atoms with E-state index in [1.165, 1.54) is 19.2 Å². The number of rotatable bonds is 4. The van der Waals surface area contributed by atoms with Crippen molar-refractivity contribution in [2.24, 2.45) is 0 Å². The van der Waals surface area contributed by atoms with Crippen molar-refractivity contribution in [3.63, 3.8) is 0 Å². The van der Waals surface area contributed by atoms with E-state index in [1.54, 1.807) is 12.1 Å². The number of carbonyl (C=O) groups excluding carboxylic acids is 2. The summed E-state index contributed by atoms with van der Waals surface area (Å²) in [6.45, 7) is 1.46. The Morgan fingerprint density at radius 3 is 2.29 bits per heavy atom. The van der Waals surface area contributed by atoms with E-state index in [2.05, 4.69) is 15.6 Å². The summed E-state index contributed by atoms with van der Waals surface area (Å²) in [4.78, 5) is 27.7. The zero-order valence-electron chi connectivity index (χ0n) is 12.6. The summed E-state index contributed by atoms with van der Waals surface area (Å²) >= 11 is 0. The van der Waals surface area contributed by atoms with Gasteiger partial charge in [0.25, 0.3) is 5.91 Å². The van der Waals surface area contributed by atoms with Crippen LogP contribution in [0.15, 0.2) is 48.7 Å². The van der Waals surface area contributed by atoms with Gasteiger partial charge in [0.05, 0.1) is 5.56 Å². The first-order valence-electron chi connectivity index (χ1n) is 6.97. The van der Waals surface area contributed by atoms with Crippen LogP contribution in [0, 0.1) is 0 Å². The molecule has 2 aromatic rings. The topological polar surface area (TPSA) is 71.1 Å². The molecule has 0 aliphatic carbocycles. The highest BCUT2D eigenvalue weighted by Gasteiger charge is 2.30. The maximum Gasteiger partial charge on any atom is 0.416 e. The van der Waals surface area contributed by atoms with Crippen LogP contribution >= 0.6 is 0 Å². The van der Waals surface area contributed by atoms with Gasteiger partial charge in [-0.15, -0.1) is 0 Å². The third kappa shape index (κ3) is 4.55. The Morgan fingerprint density at radius 1 is 1.08 bits per heavy atom. The molecular formula is C16H14F3N3O2. The quantitative estimate of drug-likeness (QED) is 0.901. The Balaban J connectivity index is 1.95. The van der Waals surface area contributed by atoms with Crippen molar-refractivity contribution < 1.29 is 22.8 Å². The fraction of sp³-hybridized carbons (Fsp3) is 0.188. The van der Waals surface area contributed by atoms with Gasteiger partial charge in [-0.05, 0) is 43.3 Å². The molecule has 2 N–H and O–H groups in total. The van der Waals surface area contributed by atoms with Gasteiger partial charge in [0.15, 0.2) is 0 Å². The van der Waals surface area contributed by atoms with Gasteiger partial charge in [0, 0.05) is 11.9 Å². The van der Waals surface area contributed by atoms with Crippen molar-refractivity contribution >= 4 is 17.5 Å². The number of carbonyl (C=O) groups is 2. The lowest BCUT2D eigenvalue weighted by Crippen LogP contribution is -2.41. The van der Waals surface area contributed by atoms with Gasteiger partial charge < -0.3 is 10.6 Å². The van der Waals surface area contributed by atoms with Gasteiger partial charge in [-0.3, -0.25) is 14.6 Å². The van der Waals surface area contributed by atoms with Crippen LogP contribution in [-0.4, -0.2) is 22.8 Å². The number of nitrogens with zero attached hydrogens (tertiary/aromatic N) is 1. The molecule has 0 aliphatic heterocycles. The van der Waals surface area contributed by atoms with Crippen LogP contribution in [0.5, 0.6) is 0 Å². The standard InChI is InChI=1S/C16H14F3N3O2/c1-10(21-15(24)13-4-2-3-9-20-13)14(23)22-12-7-5-11(6-8-12)16(17,18)19/h2-10H,1H3,(H,21,24)(H,22,23)/t10-/m0/s1. The first kappa shape index (κ1) is 17.5. The maximum atomic E-state index is 12.5. The van der Waals surface area contributed by atoms with E-state index >= 15 is 0 Å². The van der Waals surface area contributed by atoms with Gasteiger partial charge in [-0.2, -0.15) is 13.2 Å². The molecule has 1 aromatic carbocycles. The molecule has 0 radical (unpaired) electrons. The summed E-state index contributed by atoms with van der Waals surface area (Å²) in [5.41, 5.74) is -0.449. The van der Waals surface area contributed by atoms with Gasteiger partial charge in [-0.1, -0.05) is 6.07 Å². The molecule has 0 aliphatic rings. The molecule has 2 amide bonds. The van der Waals surface area contributed by atoms with Crippen molar-refractivity contribution in [3.05, 3.63) is 59.9 Å². The summed E-state index contributed by atoms with van der Waals surface area (Å²) in [5.74, 6) is -1.08. The average Bonchev–Trinajstić information content (AvgIpc) is 2.55. The van der Waals surface area contributed by atoms with Crippen LogP contribution < -0.4 is 10.6 Å². The van der Waals surface area contributed by atoms with Gasteiger partial charge >= 0.3 is 6.18 Å². The van der Waals surface area contributed by atoms with Crippen LogP contribution in [0.1, 0.15) is 23.0 Å². The lowest BCUT2D eigenvalue weighted by molar-refractivity contribution is -0.137. The van der Waals surface area contributed by atoms with Gasteiger partial charge in [0.2, 0.25) is 5.91 Å². The number of nitrogens with one attached hydrogen (secondary N) is 2. The fourth-order valence-electron chi connectivity index (χ4n) is 1.83. The van der Waals surface area contributed by atoms with E-state index in [4.69, 9.17) is 0 Å². The molecule has 1 heterocycles. The van der Waals surface area contributed by atoms with E-state index in [0.29, 0.717) is 0 Å². The van der Waals surface area contributed by atoms with Crippen LogP contribution in [0.3, 0.4) is 0 Å². The Labute approximate surface area is 135 Å². The second kappa shape index (κ2) is 7.12. The number of hydrogen-bond acceptors (Lipinski definition) is 3. The van der Waals surface area contributed by atoms with Crippen molar-refractivity contribution in [2.45, 2.75) is 19.1 Å². The van der Waals surface area contributed by atoms with Crippen LogP contribution in [-0.2, 0) is 11.0 Å². The highest BCUT2D eigenvalue weighted by atomic mass is 19.4. The molecule has 0 saturated carbocycles. The number of benzene rings is 1. The molecule has 0 spiro atoms. The van der Waals surface area contributed by atoms with Crippen molar-refractivity contribution in [1.82, 2.24) is 10.3 Å². The minimum Gasteiger partial charge on any atom is -0.339 e. The molecule has 1 atom stereocenters. The third-order valence-corrected chi connectivity index (χ3v) is 3.12. The zero-order chi connectivity index (χ0) is 17.7. The molecule has 1 aromatic heterocycles. The molecule has 8 heteroatoms. The van der Waals surface area contributed by atoms with Crippen molar-refractivity contribution in [1.29, 1.82) is 0 Å². The summed E-state index contributed by atoms with van der Waals surface area (Å²) in [6.07, 6.45) is -2.99. The van der Waals surface area contributed by atoms with Crippen LogP contribution in [0.25, 0.3) is 0 Å². The number of anilines is 1. The van der Waals surface area contributed by atoms with E-state index in [-0.39, 0.29) is 11.4 Å². The minimum atomic E-state index is -4.44. The second-order valence-corrected chi connectivity index (χ2v) is 4.97. The number of halogens is 3. The Morgan fingerprint density at radius 2 is 1.75 bits per heavy atom.